The first-order valence-corrected chi connectivity index (χ1v) is 6.71. The Hall–Kier alpha value is -2.13. The topological polar surface area (TPSA) is 23.6 Å². The highest BCUT2D eigenvalue weighted by Crippen LogP contribution is 2.11. The van der Waals surface area contributed by atoms with Gasteiger partial charge in [0.1, 0.15) is 0 Å². The van der Waals surface area contributed by atoms with Crippen molar-refractivity contribution in [1.82, 2.24) is 4.90 Å². The maximum atomic E-state index is 12.2. The van der Waals surface area contributed by atoms with Gasteiger partial charge in [-0.15, -0.1) is 0 Å². The van der Waals surface area contributed by atoms with Gasteiger partial charge in [-0.2, -0.15) is 0 Å². The van der Waals surface area contributed by atoms with Crippen LogP contribution >= 0.6 is 0 Å². The van der Waals surface area contributed by atoms with Gasteiger partial charge >= 0.3 is 0 Å². The fourth-order valence-corrected chi connectivity index (χ4v) is 2.08. The molecule has 1 amide bonds. The molecule has 0 saturated carbocycles. The third-order valence-electron chi connectivity index (χ3n) is 3.22. The van der Waals surface area contributed by atoms with Crippen LogP contribution in [0, 0.1) is 0 Å². The zero-order chi connectivity index (χ0) is 14.4. The Bertz CT molecular complexity index is 539. The van der Waals surface area contributed by atoms with E-state index in [0.29, 0.717) is 6.54 Å². The molecule has 0 fully saturated rings. The molecule has 2 rings (SSSR count). The number of benzene rings is 2. The minimum absolute atomic E-state index is 0.0923. The summed E-state index contributed by atoms with van der Waals surface area (Å²) in [7, 11) is 3.78. The Balaban J connectivity index is 1.91. The number of carbonyl (C=O) groups excluding carboxylic acids is 1. The summed E-state index contributed by atoms with van der Waals surface area (Å²) in [6.07, 6.45) is 0. The molecule has 0 saturated heterocycles. The average molecular weight is 268 g/mol. The number of likely N-dealkylation sites (N-methyl/N-ethyl adjacent to an activating group) is 2. The van der Waals surface area contributed by atoms with E-state index < -0.39 is 0 Å². The van der Waals surface area contributed by atoms with Crippen molar-refractivity contribution >= 4 is 11.6 Å². The SMILES string of the molecule is CN(CC(=O)N(C)c1ccccc1)Cc1ccccc1. The maximum Gasteiger partial charge on any atom is 0.240 e. The molecule has 0 unspecified atom stereocenters. The molecule has 2 aromatic rings. The van der Waals surface area contributed by atoms with Gasteiger partial charge in [0.25, 0.3) is 0 Å². The molecule has 0 bridgehead atoms. The summed E-state index contributed by atoms with van der Waals surface area (Å²) in [4.78, 5) is 15.9. The highest BCUT2D eigenvalue weighted by atomic mass is 16.2. The van der Waals surface area contributed by atoms with Crippen molar-refractivity contribution in [2.75, 3.05) is 25.5 Å². The summed E-state index contributed by atoms with van der Waals surface area (Å²) in [6, 6.07) is 19.9. The Kier molecular flexibility index (Phi) is 4.91. The van der Waals surface area contributed by atoms with E-state index in [1.54, 1.807) is 4.90 Å². The van der Waals surface area contributed by atoms with E-state index in [2.05, 4.69) is 12.1 Å². The van der Waals surface area contributed by atoms with Gasteiger partial charge < -0.3 is 4.90 Å². The predicted octanol–water partition coefficient (Wildman–Crippen LogP) is 2.78. The third kappa shape index (κ3) is 3.93. The number of nitrogens with zero attached hydrogens (tertiary/aromatic N) is 2. The molecule has 0 atom stereocenters. The molecule has 0 aromatic heterocycles. The number of para-hydroxylation sites is 1. The molecule has 3 nitrogen and oxygen atoms in total. The highest BCUT2D eigenvalue weighted by Gasteiger charge is 2.13. The van der Waals surface area contributed by atoms with Crippen LogP contribution in [0.25, 0.3) is 0 Å². The van der Waals surface area contributed by atoms with E-state index in [1.807, 2.05) is 67.5 Å². The predicted molar refractivity (Wildman–Crippen MR) is 82.6 cm³/mol. The van der Waals surface area contributed by atoms with E-state index in [-0.39, 0.29) is 5.91 Å². The smallest absolute Gasteiger partial charge is 0.240 e. The molecule has 104 valence electrons. The Labute approximate surface area is 120 Å². The van der Waals surface area contributed by atoms with Crippen LogP contribution in [0.15, 0.2) is 60.7 Å². The molecule has 0 heterocycles. The van der Waals surface area contributed by atoms with Gasteiger partial charge in [-0.3, -0.25) is 9.69 Å². The van der Waals surface area contributed by atoms with Crippen LogP contribution in [0.2, 0.25) is 0 Å². The Morgan fingerprint density at radius 2 is 1.45 bits per heavy atom. The zero-order valence-corrected chi connectivity index (χ0v) is 12.0. The highest BCUT2D eigenvalue weighted by molar-refractivity contribution is 5.94. The second-order valence-electron chi connectivity index (χ2n) is 4.95. The summed E-state index contributed by atoms with van der Waals surface area (Å²) in [5, 5.41) is 0. The molecule has 20 heavy (non-hydrogen) atoms. The van der Waals surface area contributed by atoms with Crippen LogP contribution in [0.4, 0.5) is 5.69 Å². The number of hydrogen-bond acceptors (Lipinski definition) is 2. The molecule has 0 radical (unpaired) electrons. The van der Waals surface area contributed by atoms with Crippen LogP contribution in [-0.2, 0) is 11.3 Å². The van der Waals surface area contributed by atoms with E-state index in [9.17, 15) is 4.79 Å². The van der Waals surface area contributed by atoms with Crippen LogP contribution in [0.1, 0.15) is 5.56 Å². The number of anilines is 1. The number of hydrogen-bond donors (Lipinski definition) is 0. The first-order valence-electron chi connectivity index (χ1n) is 6.71. The van der Waals surface area contributed by atoms with Crippen molar-refractivity contribution in [2.24, 2.45) is 0 Å². The monoisotopic (exact) mass is 268 g/mol. The molecule has 0 spiro atoms. The quantitative estimate of drug-likeness (QED) is 0.832. The second-order valence-corrected chi connectivity index (χ2v) is 4.95. The summed E-state index contributed by atoms with van der Waals surface area (Å²) in [6.45, 7) is 1.18. The van der Waals surface area contributed by atoms with Crippen LogP contribution < -0.4 is 4.90 Å². The third-order valence-corrected chi connectivity index (χ3v) is 3.22. The van der Waals surface area contributed by atoms with Crippen molar-refractivity contribution in [3.63, 3.8) is 0 Å². The van der Waals surface area contributed by atoms with Crippen molar-refractivity contribution in [3.8, 4) is 0 Å². The first-order chi connectivity index (χ1) is 9.66. The normalized spacial score (nSPS) is 10.6. The maximum absolute atomic E-state index is 12.2. The van der Waals surface area contributed by atoms with Gasteiger partial charge in [0.15, 0.2) is 0 Å². The Morgan fingerprint density at radius 1 is 0.900 bits per heavy atom. The molecular weight excluding hydrogens is 248 g/mol. The van der Waals surface area contributed by atoms with Gasteiger partial charge in [0.05, 0.1) is 6.54 Å². The minimum Gasteiger partial charge on any atom is -0.314 e. The first kappa shape index (κ1) is 14.3. The zero-order valence-electron chi connectivity index (χ0n) is 12.0. The minimum atomic E-state index is 0.0923. The second kappa shape index (κ2) is 6.87. The molecule has 0 aliphatic heterocycles. The van der Waals surface area contributed by atoms with Crippen LogP contribution in [0.3, 0.4) is 0 Å². The fraction of sp³-hybridized carbons (Fsp3) is 0.235. The lowest BCUT2D eigenvalue weighted by Gasteiger charge is -2.22. The molecule has 0 aliphatic carbocycles. The number of rotatable bonds is 5. The van der Waals surface area contributed by atoms with E-state index in [1.165, 1.54) is 5.56 Å². The Morgan fingerprint density at radius 3 is 2.05 bits per heavy atom. The summed E-state index contributed by atoms with van der Waals surface area (Å²) >= 11 is 0. The molecule has 3 heteroatoms. The van der Waals surface area contributed by atoms with E-state index in [4.69, 9.17) is 0 Å². The molecular formula is C17H20N2O. The lowest BCUT2D eigenvalue weighted by atomic mass is 10.2. The van der Waals surface area contributed by atoms with Crippen LogP contribution in [-0.4, -0.2) is 31.4 Å². The van der Waals surface area contributed by atoms with Gasteiger partial charge in [0, 0.05) is 19.3 Å². The fourth-order valence-electron chi connectivity index (χ4n) is 2.08. The van der Waals surface area contributed by atoms with E-state index >= 15 is 0 Å². The van der Waals surface area contributed by atoms with E-state index in [0.717, 1.165) is 12.2 Å². The lowest BCUT2D eigenvalue weighted by Crippen LogP contribution is -2.36. The standard InChI is InChI=1S/C17H20N2O/c1-18(13-15-9-5-3-6-10-15)14-17(20)19(2)16-11-7-4-8-12-16/h3-12H,13-14H2,1-2H3. The molecule has 0 aliphatic rings. The summed E-state index contributed by atoms with van der Waals surface area (Å²) in [5.41, 5.74) is 2.13. The number of amides is 1. The van der Waals surface area contributed by atoms with Gasteiger partial charge in [-0.25, -0.2) is 0 Å². The average Bonchev–Trinajstić information content (AvgIpc) is 2.48. The van der Waals surface area contributed by atoms with Crippen molar-refractivity contribution in [2.45, 2.75) is 6.54 Å². The van der Waals surface area contributed by atoms with Gasteiger partial charge in [-0.1, -0.05) is 48.5 Å². The summed E-state index contributed by atoms with van der Waals surface area (Å²) in [5.74, 6) is 0.0923. The number of carbonyl (C=O) groups is 1. The van der Waals surface area contributed by atoms with Gasteiger partial charge in [0.2, 0.25) is 5.91 Å². The van der Waals surface area contributed by atoms with Crippen molar-refractivity contribution < 1.29 is 4.79 Å². The van der Waals surface area contributed by atoms with Crippen molar-refractivity contribution in [1.29, 1.82) is 0 Å². The summed E-state index contributed by atoms with van der Waals surface area (Å²) < 4.78 is 0. The lowest BCUT2D eigenvalue weighted by molar-refractivity contribution is -0.119. The van der Waals surface area contributed by atoms with Gasteiger partial charge in [-0.05, 0) is 24.7 Å². The molecule has 0 N–H and O–H groups in total. The van der Waals surface area contributed by atoms with Crippen molar-refractivity contribution in [3.05, 3.63) is 66.2 Å². The largest absolute Gasteiger partial charge is 0.314 e. The van der Waals surface area contributed by atoms with Crippen LogP contribution in [0.5, 0.6) is 0 Å². The molecule has 2 aromatic carbocycles.